The number of hydrogen-bond acceptors (Lipinski definition) is 4. The Morgan fingerprint density at radius 1 is 1.00 bits per heavy atom. The van der Waals surface area contributed by atoms with Gasteiger partial charge in [0.15, 0.2) is 0 Å². The van der Waals surface area contributed by atoms with Gasteiger partial charge in [-0.1, -0.05) is 61.5 Å². The normalized spacial score (nSPS) is 13.4. The molecule has 1 aliphatic carbocycles. The molecule has 0 atom stereocenters. The highest BCUT2D eigenvalue weighted by Crippen LogP contribution is 2.44. The number of carbonyl (C=O) groups is 2. The van der Waals surface area contributed by atoms with Crippen molar-refractivity contribution in [2.24, 2.45) is 0 Å². The highest BCUT2D eigenvalue weighted by Gasteiger charge is 2.29. The number of allylic oxidation sites excluding steroid dienone is 1. The number of esters is 1. The van der Waals surface area contributed by atoms with E-state index in [-0.39, 0.29) is 18.2 Å². The lowest BCUT2D eigenvalue weighted by Crippen LogP contribution is -2.33. The smallest absolute Gasteiger partial charge is 0.411 e. The van der Waals surface area contributed by atoms with Crippen molar-refractivity contribution in [3.05, 3.63) is 71.4 Å². The molecule has 1 N–H and O–H groups in total. The first-order valence-corrected chi connectivity index (χ1v) is 9.85. The van der Waals surface area contributed by atoms with Crippen LogP contribution in [-0.2, 0) is 14.3 Å². The predicted octanol–water partition coefficient (Wildman–Crippen LogP) is 5.16. The van der Waals surface area contributed by atoms with Crippen LogP contribution in [0.3, 0.4) is 0 Å². The van der Waals surface area contributed by atoms with Crippen molar-refractivity contribution >= 4 is 12.1 Å². The Balaban J connectivity index is 1.69. The lowest BCUT2D eigenvalue weighted by Gasteiger charge is -2.21. The second-order valence-electron chi connectivity index (χ2n) is 7.98. The highest BCUT2D eigenvalue weighted by atomic mass is 16.6. The van der Waals surface area contributed by atoms with Gasteiger partial charge in [0.1, 0.15) is 17.9 Å². The maximum atomic E-state index is 12.4. The molecule has 1 aliphatic rings. The summed E-state index contributed by atoms with van der Waals surface area (Å²) in [7, 11) is 0. The average molecular weight is 393 g/mol. The summed E-state index contributed by atoms with van der Waals surface area (Å²) in [5.41, 5.74) is 4.05. The molecule has 0 aliphatic heterocycles. The van der Waals surface area contributed by atoms with Gasteiger partial charge in [-0.15, -0.1) is 0 Å². The Labute approximate surface area is 171 Å². The molecule has 2 aromatic rings. The molecule has 0 saturated heterocycles. The van der Waals surface area contributed by atoms with Crippen LogP contribution in [0.2, 0.25) is 0 Å². The van der Waals surface area contributed by atoms with E-state index in [1.165, 1.54) is 0 Å². The molecule has 0 unspecified atom stereocenters. The minimum atomic E-state index is -0.669. The molecule has 1 amide bonds. The van der Waals surface area contributed by atoms with Crippen molar-refractivity contribution in [2.75, 3.05) is 6.61 Å². The fourth-order valence-corrected chi connectivity index (χ4v) is 3.47. The first-order chi connectivity index (χ1) is 13.8. The van der Waals surface area contributed by atoms with Crippen LogP contribution in [-0.4, -0.2) is 24.3 Å². The summed E-state index contributed by atoms with van der Waals surface area (Å²) in [6.45, 7) is 7.41. The monoisotopic (exact) mass is 393 g/mol. The largest absolute Gasteiger partial charge is 0.455 e. The fourth-order valence-electron chi connectivity index (χ4n) is 3.47. The molecule has 0 heterocycles. The summed E-state index contributed by atoms with van der Waals surface area (Å²) in [4.78, 5) is 24.7. The molecule has 2 aromatic carbocycles. The third kappa shape index (κ3) is 4.86. The van der Waals surface area contributed by atoms with E-state index >= 15 is 0 Å². The van der Waals surface area contributed by atoms with Gasteiger partial charge in [-0.05, 0) is 49.4 Å². The second-order valence-corrected chi connectivity index (χ2v) is 7.98. The summed E-state index contributed by atoms with van der Waals surface area (Å²) >= 11 is 0. The predicted molar refractivity (Wildman–Crippen MR) is 112 cm³/mol. The molecule has 5 nitrogen and oxygen atoms in total. The zero-order chi connectivity index (χ0) is 21.0. The Bertz CT molecular complexity index is 894. The second kappa shape index (κ2) is 8.52. The Kier molecular flexibility index (Phi) is 6.06. The fraction of sp³-hybridized carbons (Fsp3) is 0.333. The Morgan fingerprint density at radius 3 is 2.07 bits per heavy atom. The van der Waals surface area contributed by atoms with Crippen molar-refractivity contribution in [1.29, 1.82) is 0 Å². The molecule has 3 rings (SSSR count). The van der Waals surface area contributed by atoms with Crippen molar-refractivity contribution in [3.63, 3.8) is 0 Å². The number of nitrogens with one attached hydrogen (secondary N) is 1. The minimum Gasteiger partial charge on any atom is -0.455 e. The van der Waals surface area contributed by atoms with Gasteiger partial charge in [-0.3, -0.25) is 5.32 Å². The molecule has 0 aromatic heterocycles. The number of hydrogen-bond donors (Lipinski definition) is 1. The number of carbonyl (C=O) groups excluding carboxylic acids is 2. The van der Waals surface area contributed by atoms with E-state index in [1.54, 1.807) is 26.8 Å². The molecular weight excluding hydrogens is 366 g/mol. The van der Waals surface area contributed by atoms with Gasteiger partial charge < -0.3 is 9.47 Å². The SMILES string of the molecule is CCC=C(NC(=O)OCC1c2ccccc2-c2ccccc21)C(=O)OC(C)(C)C. The quantitative estimate of drug-likeness (QED) is 0.563. The molecule has 29 heavy (non-hydrogen) atoms. The number of rotatable bonds is 5. The van der Waals surface area contributed by atoms with Gasteiger partial charge in [0.25, 0.3) is 0 Å². The van der Waals surface area contributed by atoms with Crippen molar-refractivity contribution in [2.45, 2.75) is 45.6 Å². The molecule has 0 fully saturated rings. The van der Waals surface area contributed by atoms with Gasteiger partial charge in [0, 0.05) is 5.92 Å². The van der Waals surface area contributed by atoms with Crippen LogP contribution in [0.15, 0.2) is 60.3 Å². The summed E-state index contributed by atoms with van der Waals surface area (Å²) in [5, 5.41) is 2.54. The number of fused-ring (bicyclic) bond motifs is 3. The lowest BCUT2D eigenvalue weighted by molar-refractivity contribution is -0.150. The van der Waals surface area contributed by atoms with E-state index in [9.17, 15) is 9.59 Å². The summed E-state index contributed by atoms with van der Waals surface area (Å²) < 4.78 is 10.8. The molecule has 0 radical (unpaired) electrons. The summed E-state index contributed by atoms with van der Waals surface area (Å²) in [5.74, 6) is -0.610. The lowest BCUT2D eigenvalue weighted by atomic mass is 9.98. The van der Waals surface area contributed by atoms with Crippen LogP contribution in [0.5, 0.6) is 0 Å². The molecule has 152 valence electrons. The molecule has 5 heteroatoms. The topological polar surface area (TPSA) is 64.6 Å². The van der Waals surface area contributed by atoms with Crippen LogP contribution < -0.4 is 5.32 Å². The third-order valence-corrected chi connectivity index (χ3v) is 4.61. The van der Waals surface area contributed by atoms with Gasteiger partial charge in [-0.2, -0.15) is 0 Å². The van der Waals surface area contributed by atoms with E-state index in [1.807, 2.05) is 31.2 Å². The summed E-state index contributed by atoms with van der Waals surface area (Å²) in [6.07, 6.45) is 1.53. The van der Waals surface area contributed by atoms with Crippen molar-refractivity contribution in [1.82, 2.24) is 5.32 Å². The van der Waals surface area contributed by atoms with Crippen LogP contribution in [0.25, 0.3) is 11.1 Å². The molecule has 0 spiro atoms. The number of amides is 1. The first kappa shape index (κ1) is 20.6. The average Bonchev–Trinajstić information content (AvgIpc) is 2.99. The summed E-state index contributed by atoms with van der Waals surface area (Å²) in [6, 6.07) is 16.3. The maximum absolute atomic E-state index is 12.4. The van der Waals surface area contributed by atoms with Gasteiger partial charge in [-0.25, -0.2) is 9.59 Å². The van der Waals surface area contributed by atoms with Gasteiger partial charge in [0.2, 0.25) is 0 Å². The third-order valence-electron chi connectivity index (χ3n) is 4.61. The van der Waals surface area contributed by atoms with E-state index < -0.39 is 17.7 Å². The minimum absolute atomic E-state index is 0.0340. The van der Waals surface area contributed by atoms with Crippen molar-refractivity contribution in [3.8, 4) is 11.1 Å². The van der Waals surface area contributed by atoms with Crippen LogP contribution in [0, 0.1) is 0 Å². The number of alkyl carbamates (subject to hydrolysis) is 1. The van der Waals surface area contributed by atoms with Crippen LogP contribution in [0.4, 0.5) is 4.79 Å². The highest BCUT2D eigenvalue weighted by molar-refractivity contribution is 5.92. The Morgan fingerprint density at radius 2 is 1.55 bits per heavy atom. The van der Waals surface area contributed by atoms with Gasteiger partial charge >= 0.3 is 12.1 Å². The van der Waals surface area contributed by atoms with Crippen LogP contribution in [0.1, 0.15) is 51.2 Å². The molecule has 0 saturated carbocycles. The van der Waals surface area contributed by atoms with Crippen molar-refractivity contribution < 1.29 is 19.1 Å². The maximum Gasteiger partial charge on any atom is 0.411 e. The van der Waals surface area contributed by atoms with E-state index in [0.717, 1.165) is 22.3 Å². The first-order valence-electron chi connectivity index (χ1n) is 9.85. The number of benzene rings is 2. The zero-order valence-corrected chi connectivity index (χ0v) is 17.3. The van der Waals surface area contributed by atoms with E-state index in [0.29, 0.717) is 6.42 Å². The van der Waals surface area contributed by atoms with E-state index in [2.05, 4.69) is 29.6 Å². The Hall–Kier alpha value is -3.08. The molecule has 0 bridgehead atoms. The van der Waals surface area contributed by atoms with Crippen LogP contribution >= 0.6 is 0 Å². The standard InChI is InChI=1S/C24H27NO4/c1-5-10-21(22(26)29-24(2,3)4)25-23(27)28-15-20-18-13-8-6-11-16(18)17-12-7-9-14-19(17)20/h6-14,20H,5,15H2,1-4H3,(H,25,27). The van der Waals surface area contributed by atoms with E-state index in [4.69, 9.17) is 9.47 Å². The zero-order valence-electron chi connectivity index (χ0n) is 17.3. The van der Waals surface area contributed by atoms with Gasteiger partial charge in [0.05, 0.1) is 0 Å². The number of ether oxygens (including phenoxy) is 2. The molecular formula is C24H27NO4.